The van der Waals surface area contributed by atoms with Crippen LogP contribution >= 0.6 is 0 Å². The zero-order chi connectivity index (χ0) is 21.6. The average Bonchev–Trinajstić information content (AvgIpc) is 3.18. The number of carbonyl (C=O) groups is 2. The van der Waals surface area contributed by atoms with Gasteiger partial charge in [-0.25, -0.2) is 8.42 Å². The first-order valence-electron chi connectivity index (χ1n) is 9.95. The largest absolute Gasteiger partial charge is 0.360 e. The van der Waals surface area contributed by atoms with E-state index in [9.17, 15) is 18.0 Å². The Hall–Kier alpha value is -1.94. The second kappa shape index (κ2) is 7.71. The Morgan fingerprint density at radius 1 is 1.21 bits per heavy atom. The summed E-state index contributed by atoms with van der Waals surface area (Å²) in [6.07, 6.45) is 1.28. The predicted molar refractivity (Wildman–Crippen MR) is 105 cm³/mol. The normalized spacial score (nSPS) is 22.3. The molecule has 2 fully saturated rings. The second-order valence-electron chi connectivity index (χ2n) is 8.92. The summed E-state index contributed by atoms with van der Waals surface area (Å²) in [4.78, 5) is 26.7. The number of likely N-dealkylation sites (tertiary alicyclic amines) is 1. The van der Waals surface area contributed by atoms with Crippen molar-refractivity contribution in [2.45, 2.75) is 70.4 Å². The molecule has 0 spiro atoms. The molecule has 0 radical (unpaired) electrons. The zero-order valence-corrected chi connectivity index (χ0v) is 18.5. The lowest BCUT2D eigenvalue weighted by molar-refractivity contribution is -0.132. The fourth-order valence-electron chi connectivity index (χ4n) is 4.06. The van der Waals surface area contributed by atoms with Crippen molar-refractivity contribution in [3.63, 3.8) is 0 Å². The molecule has 2 amide bonds. The molecule has 0 bridgehead atoms. The van der Waals surface area contributed by atoms with E-state index in [0.29, 0.717) is 38.2 Å². The first kappa shape index (κ1) is 21.8. The van der Waals surface area contributed by atoms with Gasteiger partial charge in [-0.1, -0.05) is 5.16 Å². The summed E-state index contributed by atoms with van der Waals surface area (Å²) < 4.78 is 32.2. The molecule has 0 saturated carbocycles. The van der Waals surface area contributed by atoms with Crippen LogP contribution in [0.5, 0.6) is 0 Å². The Morgan fingerprint density at radius 3 is 2.31 bits per heavy atom. The van der Waals surface area contributed by atoms with Gasteiger partial charge in [0.05, 0.1) is 5.92 Å². The summed E-state index contributed by atoms with van der Waals surface area (Å²) in [6.45, 7) is 10.1. The molecular weight excluding hydrogens is 396 g/mol. The van der Waals surface area contributed by atoms with Crippen molar-refractivity contribution in [1.82, 2.24) is 19.7 Å². The standard InChI is InChI=1S/C19H30N4O5S/c1-12-17(13(2)28-21-12)29(26,27)22-8-6-15(7-9-22)20-18(25)14-10-16(24)23(11-14)19(3,4)5/h14-15H,6-11H2,1-5H3,(H,20,25). The smallest absolute Gasteiger partial charge is 0.248 e. The van der Waals surface area contributed by atoms with Crippen molar-refractivity contribution in [3.05, 3.63) is 11.5 Å². The molecule has 2 saturated heterocycles. The number of aromatic nitrogens is 1. The van der Waals surface area contributed by atoms with Crippen LogP contribution in [0.15, 0.2) is 9.42 Å². The predicted octanol–water partition coefficient (Wildman–Crippen LogP) is 1.21. The van der Waals surface area contributed by atoms with E-state index in [0.717, 1.165) is 0 Å². The van der Waals surface area contributed by atoms with Crippen molar-refractivity contribution < 1.29 is 22.5 Å². The highest BCUT2D eigenvalue weighted by Crippen LogP contribution is 2.28. The summed E-state index contributed by atoms with van der Waals surface area (Å²) in [5, 5.41) is 6.75. The number of hydrogen-bond donors (Lipinski definition) is 1. The van der Waals surface area contributed by atoms with Gasteiger partial charge in [0.2, 0.25) is 21.8 Å². The Kier molecular flexibility index (Phi) is 5.79. The summed E-state index contributed by atoms with van der Waals surface area (Å²) >= 11 is 0. The minimum Gasteiger partial charge on any atom is -0.360 e. The van der Waals surface area contributed by atoms with Crippen LogP contribution in [0.3, 0.4) is 0 Å². The molecule has 0 aromatic carbocycles. The van der Waals surface area contributed by atoms with Crippen LogP contribution in [-0.2, 0) is 19.6 Å². The quantitative estimate of drug-likeness (QED) is 0.774. The van der Waals surface area contributed by atoms with Gasteiger partial charge in [-0.05, 0) is 47.5 Å². The maximum Gasteiger partial charge on any atom is 0.248 e. The molecule has 3 rings (SSSR count). The number of nitrogens with zero attached hydrogens (tertiary/aromatic N) is 3. The van der Waals surface area contributed by atoms with Gasteiger partial charge in [-0.15, -0.1) is 0 Å². The van der Waals surface area contributed by atoms with E-state index >= 15 is 0 Å². The average molecular weight is 427 g/mol. The lowest BCUT2D eigenvalue weighted by atomic mass is 10.0. The maximum absolute atomic E-state index is 12.9. The molecule has 1 atom stereocenters. The molecule has 3 heterocycles. The molecule has 2 aliphatic heterocycles. The summed E-state index contributed by atoms with van der Waals surface area (Å²) in [5.74, 6) is -0.201. The summed E-state index contributed by atoms with van der Waals surface area (Å²) in [7, 11) is -3.67. The zero-order valence-electron chi connectivity index (χ0n) is 17.7. The Balaban J connectivity index is 1.57. The van der Waals surface area contributed by atoms with E-state index < -0.39 is 10.0 Å². The van der Waals surface area contributed by atoms with Gasteiger partial charge in [0.15, 0.2) is 5.76 Å². The van der Waals surface area contributed by atoms with Crippen LogP contribution in [0.4, 0.5) is 0 Å². The lowest BCUT2D eigenvalue weighted by Crippen LogP contribution is -2.48. The van der Waals surface area contributed by atoms with Crippen molar-refractivity contribution in [3.8, 4) is 0 Å². The van der Waals surface area contributed by atoms with E-state index in [4.69, 9.17) is 4.52 Å². The van der Waals surface area contributed by atoms with E-state index in [1.165, 1.54) is 4.31 Å². The molecule has 1 N–H and O–H groups in total. The molecule has 1 aromatic heterocycles. The van der Waals surface area contributed by atoms with E-state index in [2.05, 4.69) is 10.5 Å². The highest BCUT2D eigenvalue weighted by molar-refractivity contribution is 7.89. The van der Waals surface area contributed by atoms with Crippen LogP contribution in [0.25, 0.3) is 0 Å². The highest BCUT2D eigenvalue weighted by Gasteiger charge is 2.40. The van der Waals surface area contributed by atoms with Gasteiger partial charge >= 0.3 is 0 Å². The molecule has 10 heteroatoms. The first-order valence-corrected chi connectivity index (χ1v) is 11.4. The molecule has 162 valence electrons. The molecule has 29 heavy (non-hydrogen) atoms. The van der Waals surface area contributed by atoms with Gasteiger partial charge in [0.1, 0.15) is 10.6 Å². The number of sulfonamides is 1. The number of rotatable bonds is 4. The molecule has 0 aliphatic carbocycles. The topological polar surface area (TPSA) is 113 Å². The summed E-state index contributed by atoms with van der Waals surface area (Å²) in [5.41, 5.74) is 0.0523. The van der Waals surface area contributed by atoms with Gasteiger partial charge in [-0.3, -0.25) is 9.59 Å². The van der Waals surface area contributed by atoms with Crippen molar-refractivity contribution in [1.29, 1.82) is 0 Å². The fourth-order valence-corrected chi connectivity index (χ4v) is 5.82. The third-order valence-corrected chi connectivity index (χ3v) is 7.82. The van der Waals surface area contributed by atoms with Crippen LogP contribution in [0.2, 0.25) is 0 Å². The van der Waals surface area contributed by atoms with Gasteiger partial charge in [-0.2, -0.15) is 4.31 Å². The third-order valence-electron chi connectivity index (χ3n) is 5.67. The molecular formula is C19H30N4O5S. The van der Waals surface area contributed by atoms with Gasteiger partial charge in [0.25, 0.3) is 0 Å². The minimum atomic E-state index is -3.67. The number of nitrogens with one attached hydrogen (secondary N) is 1. The SMILES string of the molecule is Cc1noc(C)c1S(=O)(=O)N1CCC(NC(=O)C2CC(=O)N(C(C)(C)C)C2)CC1. The maximum atomic E-state index is 12.9. The molecule has 2 aliphatic rings. The van der Waals surface area contributed by atoms with E-state index in [-0.39, 0.29) is 46.4 Å². The minimum absolute atomic E-state index is 0.00183. The Labute approximate surface area is 171 Å². The summed E-state index contributed by atoms with van der Waals surface area (Å²) in [6, 6.07) is -0.0996. The number of piperidine rings is 1. The van der Waals surface area contributed by atoms with Gasteiger partial charge < -0.3 is 14.7 Å². The Bertz CT molecular complexity index is 875. The van der Waals surface area contributed by atoms with Crippen LogP contribution in [-0.4, -0.2) is 65.8 Å². The van der Waals surface area contributed by atoms with E-state index in [1.807, 2.05) is 20.8 Å². The second-order valence-corrected chi connectivity index (χ2v) is 10.8. The third kappa shape index (κ3) is 4.32. The van der Waals surface area contributed by atoms with Crippen LogP contribution in [0, 0.1) is 19.8 Å². The molecule has 1 aromatic rings. The van der Waals surface area contributed by atoms with Gasteiger partial charge in [0, 0.05) is 37.6 Å². The number of carbonyl (C=O) groups excluding carboxylic acids is 2. The monoisotopic (exact) mass is 426 g/mol. The lowest BCUT2D eigenvalue weighted by Gasteiger charge is -2.33. The highest BCUT2D eigenvalue weighted by atomic mass is 32.2. The Morgan fingerprint density at radius 2 is 1.83 bits per heavy atom. The van der Waals surface area contributed by atoms with Crippen LogP contribution in [0.1, 0.15) is 51.5 Å². The van der Waals surface area contributed by atoms with Crippen molar-refractivity contribution >= 4 is 21.8 Å². The number of hydrogen-bond acceptors (Lipinski definition) is 6. The first-order chi connectivity index (χ1) is 13.4. The number of aryl methyl sites for hydroxylation is 2. The number of amides is 2. The molecule has 1 unspecified atom stereocenters. The van der Waals surface area contributed by atoms with E-state index in [1.54, 1.807) is 18.7 Å². The van der Waals surface area contributed by atoms with Crippen molar-refractivity contribution in [2.24, 2.45) is 5.92 Å². The fraction of sp³-hybridized carbons (Fsp3) is 0.737. The molecule has 9 nitrogen and oxygen atoms in total. The van der Waals surface area contributed by atoms with Crippen LogP contribution < -0.4 is 5.32 Å². The van der Waals surface area contributed by atoms with Crippen molar-refractivity contribution in [2.75, 3.05) is 19.6 Å².